The fourth-order valence-corrected chi connectivity index (χ4v) is 4.08. The molecule has 1 unspecified atom stereocenters. The Kier molecular flexibility index (Phi) is 5.61. The van der Waals surface area contributed by atoms with E-state index in [9.17, 15) is 4.79 Å². The number of nitrogens with zero attached hydrogens (tertiary/aromatic N) is 1. The monoisotopic (exact) mass is 331 g/mol. The number of carbonyl (C=O) groups excluding carboxylic acids is 1. The number of rotatable bonds is 6. The minimum atomic E-state index is 0.130. The Balaban J connectivity index is 1.48. The third kappa shape index (κ3) is 3.83. The fourth-order valence-electron chi connectivity index (χ4n) is 4.08. The summed E-state index contributed by atoms with van der Waals surface area (Å²) in [6.07, 6.45) is 4.34. The zero-order chi connectivity index (χ0) is 16.9. The topological polar surface area (TPSA) is 67.6 Å². The van der Waals surface area contributed by atoms with Crippen molar-refractivity contribution < 1.29 is 9.53 Å². The van der Waals surface area contributed by atoms with Crippen LogP contribution in [0.25, 0.3) is 0 Å². The van der Waals surface area contributed by atoms with Gasteiger partial charge in [-0.1, -0.05) is 12.5 Å². The number of nitrogens with two attached hydrogens (primary N) is 1. The number of anilines is 1. The molecule has 1 aromatic carbocycles. The molecule has 0 spiro atoms. The molecule has 132 valence electrons. The Morgan fingerprint density at radius 1 is 1.38 bits per heavy atom. The van der Waals surface area contributed by atoms with Crippen LogP contribution in [0.3, 0.4) is 0 Å². The van der Waals surface area contributed by atoms with E-state index in [4.69, 9.17) is 10.5 Å². The lowest BCUT2D eigenvalue weighted by Gasteiger charge is -2.21. The second-order valence-electron chi connectivity index (χ2n) is 7.08. The van der Waals surface area contributed by atoms with E-state index in [1.54, 1.807) is 7.11 Å². The average Bonchev–Trinajstić information content (AvgIpc) is 3.28. The first-order valence-corrected chi connectivity index (χ1v) is 9.08. The van der Waals surface area contributed by atoms with E-state index >= 15 is 0 Å². The van der Waals surface area contributed by atoms with Crippen molar-refractivity contribution >= 4 is 11.6 Å². The van der Waals surface area contributed by atoms with Crippen LogP contribution in [0.4, 0.5) is 5.69 Å². The number of benzene rings is 1. The highest BCUT2D eigenvalue weighted by Gasteiger charge is 2.32. The third-order valence-corrected chi connectivity index (χ3v) is 5.57. The lowest BCUT2D eigenvalue weighted by Crippen LogP contribution is -2.38. The summed E-state index contributed by atoms with van der Waals surface area (Å²) in [5, 5.41) is 3.18. The summed E-state index contributed by atoms with van der Waals surface area (Å²) in [4.78, 5) is 14.8. The molecule has 3 rings (SSSR count). The van der Waals surface area contributed by atoms with Crippen LogP contribution in [0.2, 0.25) is 0 Å². The maximum atomic E-state index is 12.4. The van der Waals surface area contributed by atoms with E-state index in [1.165, 1.54) is 5.69 Å². The Hall–Kier alpha value is -1.75. The summed E-state index contributed by atoms with van der Waals surface area (Å²) >= 11 is 0. The van der Waals surface area contributed by atoms with Gasteiger partial charge >= 0.3 is 0 Å². The molecule has 1 aliphatic carbocycles. The van der Waals surface area contributed by atoms with Crippen LogP contribution in [0, 0.1) is 17.8 Å². The second-order valence-corrected chi connectivity index (χ2v) is 7.08. The molecular weight excluding hydrogens is 302 g/mol. The van der Waals surface area contributed by atoms with E-state index in [2.05, 4.69) is 22.3 Å². The highest BCUT2D eigenvalue weighted by atomic mass is 16.5. The summed E-state index contributed by atoms with van der Waals surface area (Å²) in [5.74, 6) is 2.12. The van der Waals surface area contributed by atoms with Crippen LogP contribution in [0.5, 0.6) is 5.75 Å². The smallest absolute Gasteiger partial charge is 0.223 e. The van der Waals surface area contributed by atoms with Gasteiger partial charge in [0.05, 0.1) is 7.11 Å². The summed E-state index contributed by atoms with van der Waals surface area (Å²) in [7, 11) is 1.69. The zero-order valence-electron chi connectivity index (χ0n) is 14.5. The van der Waals surface area contributed by atoms with E-state index in [-0.39, 0.29) is 11.8 Å². The molecule has 3 N–H and O–H groups in total. The predicted octanol–water partition coefficient (Wildman–Crippen LogP) is 2.01. The van der Waals surface area contributed by atoms with Gasteiger partial charge in [-0.05, 0) is 49.8 Å². The summed E-state index contributed by atoms with van der Waals surface area (Å²) in [5.41, 5.74) is 6.99. The molecule has 5 heteroatoms. The zero-order valence-corrected chi connectivity index (χ0v) is 14.5. The highest BCUT2D eigenvalue weighted by Crippen LogP contribution is 2.31. The van der Waals surface area contributed by atoms with Gasteiger partial charge in [0.15, 0.2) is 0 Å². The first-order valence-electron chi connectivity index (χ1n) is 9.08. The first kappa shape index (κ1) is 17.1. The van der Waals surface area contributed by atoms with Gasteiger partial charge in [-0.25, -0.2) is 0 Å². The van der Waals surface area contributed by atoms with Crippen molar-refractivity contribution in [2.45, 2.75) is 25.7 Å². The van der Waals surface area contributed by atoms with Crippen LogP contribution in [-0.2, 0) is 4.79 Å². The normalized spacial score (nSPS) is 26.6. The fraction of sp³-hybridized carbons (Fsp3) is 0.632. The van der Waals surface area contributed by atoms with E-state index in [0.717, 1.165) is 51.1 Å². The van der Waals surface area contributed by atoms with Crippen molar-refractivity contribution in [2.24, 2.45) is 23.5 Å². The molecular formula is C19H29N3O2. The molecule has 1 aromatic rings. The Morgan fingerprint density at radius 2 is 2.25 bits per heavy atom. The van der Waals surface area contributed by atoms with E-state index in [0.29, 0.717) is 18.4 Å². The number of hydrogen-bond donors (Lipinski definition) is 2. The lowest BCUT2D eigenvalue weighted by molar-refractivity contribution is -0.126. The molecule has 2 fully saturated rings. The Morgan fingerprint density at radius 3 is 3.04 bits per heavy atom. The molecule has 1 amide bonds. The summed E-state index contributed by atoms with van der Waals surface area (Å²) in [6.45, 7) is 3.42. The molecule has 0 bridgehead atoms. The quantitative estimate of drug-likeness (QED) is 0.837. The van der Waals surface area contributed by atoms with Gasteiger partial charge in [-0.3, -0.25) is 4.79 Å². The maximum absolute atomic E-state index is 12.4. The van der Waals surface area contributed by atoms with Gasteiger partial charge in [0.1, 0.15) is 5.75 Å². The van der Waals surface area contributed by atoms with Crippen molar-refractivity contribution in [2.75, 3.05) is 38.2 Å². The third-order valence-electron chi connectivity index (χ3n) is 5.57. The number of hydrogen-bond acceptors (Lipinski definition) is 4. The summed E-state index contributed by atoms with van der Waals surface area (Å²) < 4.78 is 5.30. The minimum absolute atomic E-state index is 0.130. The maximum Gasteiger partial charge on any atom is 0.223 e. The molecule has 2 aliphatic rings. The molecule has 1 heterocycles. The molecule has 1 aliphatic heterocycles. The number of methoxy groups -OCH3 is 1. The molecule has 24 heavy (non-hydrogen) atoms. The number of ether oxygens (including phenoxy) is 1. The van der Waals surface area contributed by atoms with Gasteiger partial charge in [0, 0.05) is 37.3 Å². The van der Waals surface area contributed by atoms with E-state index in [1.807, 2.05) is 12.1 Å². The average molecular weight is 331 g/mol. The standard InChI is InChI=1S/C19H29N3O2/c1-24-17-6-3-5-16(10-17)22-9-8-14(13-22)12-21-19(23)18-7-2-4-15(18)11-20/h3,5-6,10,14-15,18H,2,4,7-9,11-13,20H2,1H3,(H,21,23)/t14?,15-,18-/m1/s1. The van der Waals surface area contributed by atoms with Crippen molar-refractivity contribution in [1.29, 1.82) is 0 Å². The van der Waals surface area contributed by atoms with Crippen LogP contribution in [0.1, 0.15) is 25.7 Å². The van der Waals surface area contributed by atoms with Gasteiger partial charge in [0.25, 0.3) is 0 Å². The van der Waals surface area contributed by atoms with Crippen LogP contribution < -0.4 is 20.7 Å². The van der Waals surface area contributed by atoms with Gasteiger partial charge in [-0.15, -0.1) is 0 Å². The van der Waals surface area contributed by atoms with Crippen LogP contribution in [0.15, 0.2) is 24.3 Å². The largest absolute Gasteiger partial charge is 0.497 e. The second kappa shape index (κ2) is 7.88. The lowest BCUT2D eigenvalue weighted by atomic mass is 9.95. The minimum Gasteiger partial charge on any atom is -0.497 e. The van der Waals surface area contributed by atoms with Gasteiger partial charge in [0.2, 0.25) is 5.91 Å². The molecule has 3 atom stereocenters. The van der Waals surface area contributed by atoms with E-state index < -0.39 is 0 Å². The number of nitrogens with one attached hydrogen (secondary N) is 1. The van der Waals surface area contributed by atoms with Crippen molar-refractivity contribution in [3.05, 3.63) is 24.3 Å². The molecule has 5 nitrogen and oxygen atoms in total. The number of carbonyl (C=O) groups is 1. The predicted molar refractivity (Wildman–Crippen MR) is 96.2 cm³/mol. The van der Waals surface area contributed by atoms with Gasteiger partial charge < -0.3 is 20.7 Å². The molecule has 0 radical (unpaired) electrons. The van der Waals surface area contributed by atoms with Crippen molar-refractivity contribution in [3.8, 4) is 5.75 Å². The van der Waals surface area contributed by atoms with Crippen molar-refractivity contribution in [1.82, 2.24) is 5.32 Å². The first-order chi connectivity index (χ1) is 11.7. The molecule has 1 saturated heterocycles. The summed E-state index contributed by atoms with van der Waals surface area (Å²) in [6, 6.07) is 8.18. The van der Waals surface area contributed by atoms with Gasteiger partial charge in [-0.2, -0.15) is 0 Å². The van der Waals surface area contributed by atoms with Crippen molar-refractivity contribution in [3.63, 3.8) is 0 Å². The Bertz CT molecular complexity index is 563. The van der Waals surface area contributed by atoms with Crippen LogP contribution >= 0.6 is 0 Å². The van der Waals surface area contributed by atoms with Crippen LogP contribution in [-0.4, -0.2) is 39.2 Å². The molecule has 1 saturated carbocycles. The molecule has 0 aromatic heterocycles. The Labute approximate surface area is 144 Å². The number of amides is 1. The SMILES string of the molecule is COc1cccc(N2CCC(CNC(=O)[C@@H]3CCC[C@@H]3CN)C2)c1. The highest BCUT2D eigenvalue weighted by molar-refractivity contribution is 5.79.